The SMILES string of the molecule is O=C(NCCO)c1cccc(OCc2ccn(-c3ccc(F)cc3F)n2)c1. The second kappa shape index (κ2) is 8.41. The molecule has 0 saturated carbocycles. The molecule has 0 fully saturated rings. The van der Waals surface area contributed by atoms with Crippen molar-refractivity contribution in [2.45, 2.75) is 6.61 Å². The predicted molar refractivity (Wildman–Crippen MR) is 93.7 cm³/mol. The number of hydrogen-bond donors (Lipinski definition) is 2. The molecule has 0 aliphatic heterocycles. The van der Waals surface area contributed by atoms with Crippen LogP contribution in [0.3, 0.4) is 0 Å². The van der Waals surface area contributed by atoms with E-state index in [1.807, 2.05) is 0 Å². The lowest BCUT2D eigenvalue weighted by atomic mass is 10.2. The van der Waals surface area contributed by atoms with E-state index in [0.29, 0.717) is 17.0 Å². The summed E-state index contributed by atoms with van der Waals surface area (Å²) in [4.78, 5) is 11.9. The Morgan fingerprint density at radius 3 is 2.81 bits per heavy atom. The Morgan fingerprint density at radius 1 is 1.19 bits per heavy atom. The molecule has 27 heavy (non-hydrogen) atoms. The topological polar surface area (TPSA) is 76.4 Å². The van der Waals surface area contributed by atoms with Crippen LogP contribution in [0.1, 0.15) is 16.1 Å². The summed E-state index contributed by atoms with van der Waals surface area (Å²) >= 11 is 0. The van der Waals surface area contributed by atoms with Crippen molar-refractivity contribution in [1.29, 1.82) is 0 Å². The Morgan fingerprint density at radius 2 is 2.04 bits per heavy atom. The number of carbonyl (C=O) groups is 1. The van der Waals surface area contributed by atoms with Crippen LogP contribution in [-0.2, 0) is 6.61 Å². The molecule has 1 aromatic heterocycles. The molecule has 3 rings (SSSR count). The van der Waals surface area contributed by atoms with Crippen molar-refractivity contribution in [3.63, 3.8) is 0 Å². The number of ether oxygens (including phenoxy) is 1. The fourth-order valence-corrected chi connectivity index (χ4v) is 2.40. The van der Waals surface area contributed by atoms with Gasteiger partial charge in [0.25, 0.3) is 5.91 Å². The van der Waals surface area contributed by atoms with Gasteiger partial charge in [-0.15, -0.1) is 0 Å². The molecule has 0 aliphatic rings. The Hall–Kier alpha value is -3.26. The number of rotatable bonds is 7. The molecule has 3 aromatic rings. The van der Waals surface area contributed by atoms with Crippen molar-refractivity contribution in [2.24, 2.45) is 0 Å². The monoisotopic (exact) mass is 373 g/mol. The summed E-state index contributed by atoms with van der Waals surface area (Å²) < 4.78 is 33.7. The van der Waals surface area contributed by atoms with Gasteiger partial charge in [-0.1, -0.05) is 6.07 Å². The molecule has 0 atom stereocenters. The maximum Gasteiger partial charge on any atom is 0.251 e. The number of nitrogens with zero attached hydrogens (tertiary/aromatic N) is 2. The fourth-order valence-electron chi connectivity index (χ4n) is 2.40. The highest BCUT2D eigenvalue weighted by molar-refractivity contribution is 5.94. The quantitative estimate of drug-likeness (QED) is 0.667. The lowest BCUT2D eigenvalue weighted by Crippen LogP contribution is -2.26. The van der Waals surface area contributed by atoms with Gasteiger partial charge in [-0.3, -0.25) is 4.79 Å². The molecule has 0 radical (unpaired) electrons. The van der Waals surface area contributed by atoms with Crippen molar-refractivity contribution >= 4 is 5.91 Å². The van der Waals surface area contributed by atoms with E-state index in [4.69, 9.17) is 9.84 Å². The maximum absolute atomic E-state index is 13.8. The third-order valence-corrected chi connectivity index (χ3v) is 3.68. The third kappa shape index (κ3) is 4.68. The van der Waals surface area contributed by atoms with Crippen molar-refractivity contribution in [2.75, 3.05) is 13.2 Å². The second-order valence-electron chi connectivity index (χ2n) is 5.64. The van der Waals surface area contributed by atoms with Gasteiger partial charge in [-0.05, 0) is 36.4 Å². The molecule has 0 aliphatic carbocycles. The number of hydrogen-bond acceptors (Lipinski definition) is 4. The van der Waals surface area contributed by atoms with E-state index in [-0.39, 0.29) is 31.4 Å². The lowest BCUT2D eigenvalue weighted by Gasteiger charge is -2.07. The van der Waals surface area contributed by atoms with Crippen molar-refractivity contribution < 1.29 is 23.4 Å². The number of aliphatic hydroxyl groups is 1. The smallest absolute Gasteiger partial charge is 0.251 e. The summed E-state index contributed by atoms with van der Waals surface area (Å²) in [6.45, 7) is 0.137. The molecule has 8 heteroatoms. The zero-order valence-corrected chi connectivity index (χ0v) is 14.2. The normalized spacial score (nSPS) is 10.6. The first-order chi connectivity index (χ1) is 13.1. The molecule has 0 saturated heterocycles. The molecule has 0 unspecified atom stereocenters. The lowest BCUT2D eigenvalue weighted by molar-refractivity contribution is 0.0944. The highest BCUT2D eigenvalue weighted by atomic mass is 19.1. The first kappa shape index (κ1) is 18.5. The van der Waals surface area contributed by atoms with Gasteiger partial charge in [0.1, 0.15) is 29.6 Å². The molecule has 2 N–H and O–H groups in total. The van der Waals surface area contributed by atoms with E-state index in [1.165, 1.54) is 10.7 Å². The first-order valence-corrected chi connectivity index (χ1v) is 8.19. The van der Waals surface area contributed by atoms with Crippen LogP contribution in [0.4, 0.5) is 8.78 Å². The molecule has 0 spiro atoms. The third-order valence-electron chi connectivity index (χ3n) is 3.68. The van der Waals surface area contributed by atoms with E-state index in [0.717, 1.165) is 12.1 Å². The summed E-state index contributed by atoms with van der Waals surface area (Å²) in [6, 6.07) is 11.5. The number of benzene rings is 2. The van der Waals surface area contributed by atoms with Crippen molar-refractivity contribution in [3.05, 3.63) is 77.6 Å². The highest BCUT2D eigenvalue weighted by Crippen LogP contribution is 2.17. The minimum absolute atomic E-state index is 0.109. The molecule has 6 nitrogen and oxygen atoms in total. The average Bonchev–Trinajstić information content (AvgIpc) is 3.13. The van der Waals surface area contributed by atoms with Gasteiger partial charge in [0.05, 0.1) is 6.61 Å². The van der Waals surface area contributed by atoms with Gasteiger partial charge in [-0.2, -0.15) is 5.10 Å². The molecule has 1 heterocycles. The Bertz CT molecular complexity index is 943. The van der Waals surface area contributed by atoms with E-state index >= 15 is 0 Å². The van der Waals surface area contributed by atoms with Crippen molar-refractivity contribution in [3.8, 4) is 11.4 Å². The van der Waals surface area contributed by atoms with Gasteiger partial charge in [0, 0.05) is 24.4 Å². The predicted octanol–water partition coefficient (Wildman–Crippen LogP) is 2.45. The summed E-state index contributed by atoms with van der Waals surface area (Å²) in [7, 11) is 0. The minimum Gasteiger partial charge on any atom is -0.487 e. The molecule has 0 bridgehead atoms. The van der Waals surface area contributed by atoms with Crippen LogP contribution >= 0.6 is 0 Å². The van der Waals surface area contributed by atoms with Crippen LogP contribution in [0, 0.1) is 11.6 Å². The van der Waals surface area contributed by atoms with Gasteiger partial charge < -0.3 is 15.2 Å². The number of nitrogens with one attached hydrogen (secondary N) is 1. The average molecular weight is 373 g/mol. The van der Waals surface area contributed by atoms with Crippen LogP contribution in [0.2, 0.25) is 0 Å². The molecular weight excluding hydrogens is 356 g/mol. The van der Waals surface area contributed by atoms with Gasteiger partial charge in [0.15, 0.2) is 5.82 Å². The Kier molecular flexibility index (Phi) is 5.77. The number of amides is 1. The highest BCUT2D eigenvalue weighted by Gasteiger charge is 2.09. The largest absolute Gasteiger partial charge is 0.487 e. The van der Waals surface area contributed by atoms with Gasteiger partial charge in [0.2, 0.25) is 0 Å². The number of aliphatic hydroxyl groups excluding tert-OH is 1. The molecule has 1 amide bonds. The van der Waals surface area contributed by atoms with Crippen LogP contribution in [0.15, 0.2) is 54.7 Å². The summed E-state index contributed by atoms with van der Waals surface area (Å²) in [6.07, 6.45) is 1.55. The summed E-state index contributed by atoms with van der Waals surface area (Å²) in [5.74, 6) is -1.22. The van der Waals surface area contributed by atoms with E-state index in [2.05, 4.69) is 10.4 Å². The van der Waals surface area contributed by atoms with Crippen LogP contribution in [0.5, 0.6) is 5.75 Å². The minimum atomic E-state index is -0.716. The summed E-state index contributed by atoms with van der Waals surface area (Å²) in [5.41, 5.74) is 1.07. The van der Waals surface area contributed by atoms with Gasteiger partial charge >= 0.3 is 0 Å². The molecule has 2 aromatic carbocycles. The van der Waals surface area contributed by atoms with Crippen molar-refractivity contribution in [1.82, 2.24) is 15.1 Å². The van der Waals surface area contributed by atoms with E-state index < -0.39 is 11.6 Å². The zero-order valence-electron chi connectivity index (χ0n) is 14.2. The van der Waals surface area contributed by atoms with Crippen LogP contribution in [0.25, 0.3) is 5.69 Å². The van der Waals surface area contributed by atoms with E-state index in [1.54, 1.807) is 36.5 Å². The zero-order chi connectivity index (χ0) is 19.2. The van der Waals surface area contributed by atoms with Crippen LogP contribution in [-0.4, -0.2) is 33.9 Å². The van der Waals surface area contributed by atoms with Crippen LogP contribution < -0.4 is 10.1 Å². The number of aromatic nitrogens is 2. The summed E-state index contributed by atoms with van der Waals surface area (Å²) in [5, 5.41) is 15.5. The van der Waals surface area contributed by atoms with E-state index in [9.17, 15) is 13.6 Å². The first-order valence-electron chi connectivity index (χ1n) is 8.19. The number of halogens is 2. The molecule has 140 valence electrons. The molecular formula is C19H17F2N3O3. The maximum atomic E-state index is 13.8. The Labute approximate surface area is 154 Å². The second-order valence-corrected chi connectivity index (χ2v) is 5.64. The fraction of sp³-hybridized carbons (Fsp3) is 0.158. The number of carbonyl (C=O) groups excluding carboxylic acids is 1. The Balaban J connectivity index is 1.66. The van der Waals surface area contributed by atoms with Gasteiger partial charge in [-0.25, -0.2) is 13.5 Å². The standard InChI is InChI=1S/C19H17F2N3O3/c20-14-4-5-18(17(21)11-14)24-8-6-15(23-24)12-27-16-3-1-2-13(10-16)19(26)22-7-9-25/h1-6,8,10-11,25H,7,9,12H2,(H,22,26).